The minimum absolute atomic E-state index is 0.222. The van der Waals surface area contributed by atoms with Gasteiger partial charge in [-0.15, -0.1) is 0 Å². The molecule has 122 valence electrons. The van der Waals surface area contributed by atoms with Gasteiger partial charge in [-0.2, -0.15) is 0 Å². The number of fused-ring (bicyclic) bond motifs is 1. The van der Waals surface area contributed by atoms with E-state index >= 15 is 0 Å². The van der Waals surface area contributed by atoms with Crippen molar-refractivity contribution in [1.82, 2.24) is 0 Å². The number of amides is 1. The second-order valence-electron chi connectivity index (χ2n) is 5.34. The lowest BCUT2D eigenvalue weighted by Gasteiger charge is -2.11. The third kappa shape index (κ3) is 3.16. The first-order chi connectivity index (χ1) is 11.4. The zero-order valence-electron chi connectivity index (χ0n) is 12.5. The highest BCUT2D eigenvalue weighted by Crippen LogP contribution is 2.34. The van der Waals surface area contributed by atoms with Crippen molar-refractivity contribution in [2.45, 2.75) is 6.92 Å². The monoisotopic (exact) mass is 379 g/mol. The lowest BCUT2D eigenvalue weighted by Crippen LogP contribution is -2.12. The molecule has 6 heteroatoms. The number of anilines is 1. The first kappa shape index (κ1) is 16.9. The van der Waals surface area contributed by atoms with E-state index in [1.54, 1.807) is 30.3 Å². The molecule has 3 aromatic carbocycles. The standard InChI is InChI=1S/C18H12Cl3NO2/c1-9-13-4-2-11(6-10(13)3-5-16(9)23)18(24)22-17-14(20)7-12(19)8-15(17)21/h2-8,23H,1H3,(H,22,24). The second-order valence-corrected chi connectivity index (χ2v) is 6.59. The number of benzene rings is 3. The van der Waals surface area contributed by atoms with Crippen LogP contribution in [0.3, 0.4) is 0 Å². The molecule has 0 bridgehead atoms. The van der Waals surface area contributed by atoms with Gasteiger partial charge in [0, 0.05) is 10.6 Å². The van der Waals surface area contributed by atoms with Gasteiger partial charge < -0.3 is 10.4 Å². The number of rotatable bonds is 2. The molecule has 0 fully saturated rings. The third-order valence-electron chi connectivity index (χ3n) is 3.77. The van der Waals surface area contributed by atoms with Gasteiger partial charge in [-0.05, 0) is 53.6 Å². The molecule has 0 unspecified atom stereocenters. The van der Waals surface area contributed by atoms with Crippen molar-refractivity contribution >= 4 is 57.2 Å². The van der Waals surface area contributed by atoms with Gasteiger partial charge in [0.1, 0.15) is 5.75 Å². The summed E-state index contributed by atoms with van der Waals surface area (Å²) in [6.45, 7) is 1.82. The average Bonchev–Trinajstić information content (AvgIpc) is 2.54. The zero-order valence-corrected chi connectivity index (χ0v) is 14.8. The van der Waals surface area contributed by atoms with Gasteiger partial charge >= 0.3 is 0 Å². The van der Waals surface area contributed by atoms with Gasteiger partial charge in [0.15, 0.2) is 0 Å². The number of halogens is 3. The Kier molecular flexibility index (Phi) is 4.59. The van der Waals surface area contributed by atoms with E-state index in [1.807, 2.05) is 6.92 Å². The van der Waals surface area contributed by atoms with Crippen LogP contribution in [0.2, 0.25) is 15.1 Å². The van der Waals surface area contributed by atoms with Crippen LogP contribution in [0.15, 0.2) is 42.5 Å². The highest BCUT2D eigenvalue weighted by atomic mass is 35.5. The molecule has 0 heterocycles. The summed E-state index contributed by atoms with van der Waals surface area (Å²) < 4.78 is 0. The number of hydrogen-bond donors (Lipinski definition) is 2. The normalized spacial score (nSPS) is 10.8. The maximum Gasteiger partial charge on any atom is 0.255 e. The van der Waals surface area contributed by atoms with E-state index in [1.165, 1.54) is 12.1 Å². The molecule has 0 aromatic heterocycles. The molecule has 3 rings (SSSR count). The van der Waals surface area contributed by atoms with Crippen LogP contribution in [0, 0.1) is 6.92 Å². The van der Waals surface area contributed by atoms with Gasteiger partial charge in [-0.25, -0.2) is 0 Å². The Morgan fingerprint density at radius 3 is 2.33 bits per heavy atom. The summed E-state index contributed by atoms with van der Waals surface area (Å²) in [5.41, 5.74) is 1.53. The van der Waals surface area contributed by atoms with Crippen molar-refractivity contribution in [2.75, 3.05) is 5.32 Å². The highest BCUT2D eigenvalue weighted by molar-refractivity contribution is 6.42. The number of phenolic OH excluding ortho intramolecular Hbond substituents is 1. The molecular formula is C18H12Cl3NO2. The number of hydrogen-bond acceptors (Lipinski definition) is 2. The maximum absolute atomic E-state index is 12.5. The Labute approximate surface area is 153 Å². The molecule has 0 saturated carbocycles. The van der Waals surface area contributed by atoms with Crippen LogP contribution in [-0.4, -0.2) is 11.0 Å². The minimum Gasteiger partial charge on any atom is -0.508 e. The zero-order chi connectivity index (χ0) is 17.4. The average molecular weight is 381 g/mol. The van der Waals surface area contributed by atoms with Crippen molar-refractivity contribution in [3.63, 3.8) is 0 Å². The minimum atomic E-state index is -0.339. The van der Waals surface area contributed by atoms with Gasteiger partial charge in [-0.1, -0.05) is 46.9 Å². The van der Waals surface area contributed by atoms with Gasteiger partial charge in [0.25, 0.3) is 5.91 Å². The van der Waals surface area contributed by atoms with Gasteiger partial charge in [0.2, 0.25) is 0 Å². The largest absolute Gasteiger partial charge is 0.508 e. The molecule has 2 N–H and O–H groups in total. The molecule has 0 spiro atoms. The molecule has 0 aliphatic carbocycles. The first-order valence-corrected chi connectivity index (χ1v) is 8.18. The summed E-state index contributed by atoms with van der Waals surface area (Å²) in [4.78, 5) is 12.5. The van der Waals surface area contributed by atoms with Crippen molar-refractivity contribution < 1.29 is 9.90 Å². The van der Waals surface area contributed by atoms with E-state index in [0.717, 1.165) is 16.3 Å². The van der Waals surface area contributed by atoms with E-state index in [2.05, 4.69) is 5.32 Å². The molecule has 3 nitrogen and oxygen atoms in total. The van der Waals surface area contributed by atoms with Crippen LogP contribution < -0.4 is 5.32 Å². The van der Waals surface area contributed by atoms with E-state index in [0.29, 0.717) is 16.3 Å². The predicted octanol–water partition coefficient (Wildman–Crippen LogP) is 6.07. The quantitative estimate of drug-likeness (QED) is 0.567. The maximum atomic E-state index is 12.5. The smallest absolute Gasteiger partial charge is 0.255 e. The fourth-order valence-electron chi connectivity index (χ4n) is 2.46. The van der Waals surface area contributed by atoms with Crippen LogP contribution in [-0.2, 0) is 0 Å². The van der Waals surface area contributed by atoms with Crippen LogP contribution in [0.5, 0.6) is 5.75 Å². The Morgan fingerprint density at radius 1 is 1.00 bits per heavy atom. The molecule has 3 aromatic rings. The van der Waals surface area contributed by atoms with Crippen LogP contribution >= 0.6 is 34.8 Å². The van der Waals surface area contributed by atoms with E-state index in [-0.39, 0.29) is 21.7 Å². The summed E-state index contributed by atoms with van der Waals surface area (Å²) in [6, 6.07) is 11.6. The van der Waals surface area contributed by atoms with Gasteiger partial charge in [0.05, 0.1) is 15.7 Å². The predicted molar refractivity (Wildman–Crippen MR) is 99.8 cm³/mol. The fraction of sp³-hybridized carbons (Fsp3) is 0.0556. The van der Waals surface area contributed by atoms with E-state index < -0.39 is 0 Å². The molecule has 0 aliphatic heterocycles. The Morgan fingerprint density at radius 2 is 1.67 bits per heavy atom. The third-order valence-corrected chi connectivity index (χ3v) is 4.58. The second kappa shape index (κ2) is 6.52. The SMILES string of the molecule is Cc1c(O)ccc2cc(C(=O)Nc3c(Cl)cc(Cl)cc3Cl)ccc12. The van der Waals surface area contributed by atoms with Gasteiger partial charge in [-0.3, -0.25) is 4.79 Å². The van der Waals surface area contributed by atoms with Crippen LogP contribution in [0.1, 0.15) is 15.9 Å². The summed E-state index contributed by atoms with van der Waals surface area (Å²) >= 11 is 18.0. The lowest BCUT2D eigenvalue weighted by molar-refractivity contribution is 0.102. The topological polar surface area (TPSA) is 49.3 Å². The van der Waals surface area contributed by atoms with Crippen LogP contribution in [0.25, 0.3) is 10.8 Å². The van der Waals surface area contributed by atoms with E-state index in [4.69, 9.17) is 34.8 Å². The Hall–Kier alpha value is -1.94. The Bertz CT molecular complexity index is 947. The van der Waals surface area contributed by atoms with Crippen LogP contribution in [0.4, 0.5) is 5.69 Å². The van der Waals surface area contributed by atoms with Crippen molar-refractivity contribution in [2.24, 2.45) is 0 Å². The summed E-state index contributed by atoms with van der Waals surface area (Å²) in [6.07, 6.45) is 0. The van der Waals surface area contributed by atoms with Crippen molar-refractivity contribution in [3.8, 4) is 5.75 Å². The number of aryl methyl sites for hydroxylation is 1. The van der Waals surface area contributed by atoms with E-state index in [9.17, 15) is 9.90 Å². The Balaban J connectivity index is 1.96. The highest BCUT2D eigenvalue weighted by Gasteiger charge is 2.14. The summed E-state index contributed by atoms with van der Waals surface area (Å²) in [5.74, 6) is -0.117. The number of aromatic hydroxyl groups is 1. The number of phenols is 1. The lowest BCUT2D eigenvalue weighted by atomic mass is 10.0. The molecule has 0 radical (unpaired) electrons. The number of nitrogens with one attached hydrogen (secondary N) is 1. The molecule has 0 atom stereocenters. The molecule has 0 aliphatic rings. The summed E-state index contributed by atoms with van der Waals surface area (Å²) in [5, 5.41) is 15.1. The first-order valence-electron chi connectivity index (χ1n) is 7.05. The fourth-order valence-corrected chi connectivity index (χ4v) is 3.37. The van der Waals surface area contributed by atoms with Crippen molar-refractivity contribution in [3.05, 3.63) is 68.7 Å². The number of carbonyl (C=O) groups is 1. The summed E-state index contributed by atoms with van der Waals surface area (Å²) in [7, 11) is 0. The molecule has 0 saturated heterocycles. The number of carbonyl (C=O) groups excluding carboxylic acids is 1. The molecule has 1 amide bonds. The molecule has 24 heavy (non-hydrogen) atoms. The van der Waals surface area contributed by atoms with Crippen molar-refractivity contribution in [1.29, 1.82) is 0 Å². The molecular weight excluding hydrogens is 369 g/mol.